The molecular weight excluding hydrogens is 288 g/mol. The van der Waals surface area contributed by atoms with Crippen LogP contribution >= 0.6 is 0 Å². The van der Waals surface area contributed by atoms with Crippen molar-refractivity contribution in [1.29, 1.82) is 5.26 Å². The van der Waals surface area contributed by atoms with Gasteiger partial charge in [0.15, 0.2) is 0 Å². The monoisotopic (exact) mass is 306 g/mol. The topological polar surface area (TPSA) is 69.0 Å². The molecule has 1 aromatic carbocycles. The number of nitrogens with one attached hydrogen (secondary N) is 1. The van der Waals surface area contributed by atoms with Crippen molar-refractivity contribution in [2.75, 3.05) is 19.6 Å². The van der Waals surface area contributed by atoms with E-state index >= 15 is 0 Å². The van der Waals surface area contributed by atoms with Gasteiger partial charge in [0.25, 0.3) is 5.91 Å². The molecule has 3 saturated heterocycles. The number of hydrogen-bond donors (Lipinski definition) is 1. The standard InChI is InChI=1S/C18H18N4O/c19-9-12-1-2-14-10-20-16(8-15(14)7-12)18(23)21-17-11-22-5-3-13(17)4-6-22/h1-2,7-8,10,13,17H,3-6,11H2,(H,21,23)/t17-/m0/s1. The molecule has 0 spiro atoms. The first-order chi connectivity index (χ1) is 11.2. The molecule has 0 unspecified atom stereocenters. The zero-order valence-electron chi connectivity index (χ0n) is 12.8. The van der Waals surface area contributed by atoms with Gasteiger partial charge in [-0.25, -0.2) is 0 Å². The number of piperidine rings is 3. The van der Waals surface area contributed by atoms with Crippen molar-refractivity contribution < 1.29 is 4.79 Å². The maximum Gasteiger partial charge on any atom is 0.270 e. The third-order valence-corrected chi connectivity index (χ3v) is 5.06. The molecule has 2 aromatic rings. The Kier molecular flexibility index (Phi) is 3.47. The van der Waals surface area contributed by atoms with E-state index < -0.39 is 0 Å². The van der Waals surface area contributed by atoms with Crippen LogP contribution in [0, 0.1) is 17.2 Å². The van der Waals surface area contributed by atoms with Gasteiger partial charge in [-0.2, -0.15) is 5.26 Å². The van der Waals surface area contributed by atoms with Crippen molar-refractivity contribution in [3.63, 3.8) is 0 Å². The second kappa shape index (κ2) is 5.64. The number of carbonyl (C=O) groups excluding carboxylic acids is 1. The van der Waals surface area contributed by atoms with Crippen LogP contribution in [0.15, 0.2) is 30.5 Å². The molecule has 1 atom stereocenters. The number of nitriles is 1. The average molecular weight is 306 g/mol. The minimum absolute atomic E-state index is 0.118. The van der Waals surface area contributed by atoms with Gasteiger partial charge in [-0.05, 0) is 55.4 Å². The minimum atomic E-state index is -0.118. The number of hydrogen-bond acceptors (Lipinski definition) is 4. The summed E-state index contributed by atoms with van der Waals surface area (Å²) in [4.78, 5) is 19.2. The molecule has 5 heteroatoms. The summed E-state index contributed by atoms with van der Waals surface area (Å²) in [6.45, 7) is 3.26. The normalized spacial score (nSPS) is 26.0. The van der Waals surface area contributed by atoms with Crippen LogP contribution < -0.4 is 5.32 Å². The fraction of sp³-hybridized carbons (Fsp3) is 0.389. The summed E-state index contributed by atoms with van der Waals surface area (Å²) in [6.07, 6.45) is 4.03. The van der Waals surface area contributed by atoms with Gasteiger partial charge in [0.05, 0.1) is 11.6 Å². The van der Waals surface area contributed by atoms with Gasteiger partial charge < -0.3 is 10.2 Å². The van der Waals surface area contributed by atoms with Crippen molar-refractivity contribution in [3.05, 3.63) is 41.7 Å². The number of rotatable bonds is 2. The molecule has 1 N–H and O–H groups in total. The lowest BCUT2D eigenvalue weighted by atomic mass is 9.84. The second-order valence-corrected chi connectivity index (χ2v) is 6.46. The van der Waals surface area contributed by atoms with E-state index in [1.807, 2.05) is 6.07 Å². The molecule has 3 aliphatic rings. The van der Waals surface area contributed by atoms with Crippen LogP contribution in [0.2, 0.25) is 0 Å². The number of nitrogens with zero attached hydrogens (tertiary/aromatic N) is 3. The summed E-state index contributed by atoms with van der Waals surface area (Å²) in [5.41, 5.74) is 1.01. The minimum Gasteiger partial charge on any atom is -0.346 e. The summed E-state index contributed by atoms with van der Waals surface area (Å²) in [7, 11) is 0. The Labute approximate surface area is 134 Å². The fourth-order valence-corrected chi connectivity index (χ4v) is 3.71. The molecule has 0 saturated carbocycles. The first-order valence-electron chi connectivity index (χ1n) is 8.06. The van der Waals surface area contributed by atoms with Crippen LogP contribution in [-0.2, 0) is 0 Å². The van der Waals surface area contributed by atoms with Crippen LogP contribution in [-0.4, -0.2) is 41.5 Å². The average Bonchev–Trinajstić information content (AvgIpc) is 2.61. The van der Waals surface area contributed by atoms with E-state index in [0.717, 1.165) is 30.4 Å². The highest BCUT2D eigenvalue weighted by Crippen LogP contribution is 2.27. The molecule has 5 nitrogen and oxygen atoms in total. The number of benzene rings is 1. The first-order valence-corrected chi connectivity index (χ1v) is 8.06. The fourth-order valence-electron chi connectivity index (χ4n) is 3.71. The molecule has 23 heavy (non-hydrogen) atoms. The molecule has 4 heterocycles. The number of amides is 1. The number of carbonyl (C=O) groups is 1. The van der Waals surface area contributed by atoms with Gasteiger partial charge in [0.2, 0.25) is 0 Å². The molecule has 1 aromatic heterocycles. The zero-order valence-corrected chi connectivity index (χ0v) is 12.8. The highest BCUT2D eigenvalue weighted by molar-refractivity contribution is 5.96. The van der Waals surface area contributed by atoms with Gasteiger partial charge in [-0.3, -0.25) is 9.78 Å². The zero-order chi connectivity index (χ0) is 15.8. The first kappa shape index (κ1) is 14.2. The predicted octanol–water partition coefficient (Wildman–Crippen LogP) is 1.93. The maximum absolute atomic E-state index is 12.5. The van der Waals surface area contributed by atoms with Gasteiger partial charge in [-0.1, -0.05) is 6.07 Å². The van der Waals surface area contributed by atoms with Gasteiger partial charge in [0, 0.05) is 24.2 Å². The van der Waals surface area contributed by atoms with E-state index in [0.29, 0.717) is 17.2 Å². The summed E-state index contributed by atoms with van der Waals surface area (Å²) in [5.74, 6) is 0.475. The molecule has 0 radical (unpaired) electrons. The predicted molar refractivity (Wildman–Crippen MR) is 86.9 cm³/mol. The van der Waals surface area contributed by atoms with E-state index in [4.69, 9.17) is 5.26 Å². The van der Waals surface area contributed by atoms with Crippen molar-refractivity contribution in [2.24, 2.45) is 5.92 Å². The van der Waals surface area contributed by atoms with Gasteiger partial charge in [-0.15, -0.1) is 0 Å². The molecule has 3 aliphatic heterocycles. The highest BCUT2D eigenvalue weighted by atomic mass is 16.1. The highest BCUT2D eigenvalue weighted by Gasteiger charge is 2.35. The number of fused-ring (bicyclic) bond motifs is 4. The Bertz CT molecular complexity index is 802. The van der Waals surface area contributed by atoms with Gasteiger partial charge in [0.1, 0.15) is 5.69 Å². The van der Waals surface area contributed by atoms with Crippen LogP contribution in [0.25, 0.3) is 10.8 Å². The summed E-state index contributed by atoms with van der Waals surface area (Å²) in [6, 6.07) is 9.54. The third-order valence-electron chi connectivity index (χ3n) is 5.06. The SMILES string of the molecule is N#Cc1ccc2cnc(C(=O)N[C@H]3CN4CCC3CC4)cc2c1. The summed E-state index contributed by atoms with van der Waals surface area (Å²) < 4.78 is 0. The lowest BCUT2D eigenvalue weighted by Crippen LogP contribution is -2.57. The van der Waals surface area contributed by atoms with E-state index in [1.165, 1.54) is 12.8 Å². The molecule has 2 bridgehead atoms. The molecular formula is C18H18N4O. The van der Waals surface area contributed by atoms with Crippen molar-refractivity contribution in [2.45, 2.75) is 18.9 Å². The van der Waals surface area contributed by atoms with E-state index in [-0.39, 0.29) is 11.9 Å². The molecule has 1 amide bonds. The number of aromatic nitrogens is 1. The molecule has 3 fully saturated rings. The second-order valence-electron chi connectivity index (χ2n) is 6.46. The summed E-state index contributed by atoms with van der Waals surface area (Å²) in [5, 5.41) is 14.0. The molecule has 0 aliphatic carbocycles. The Balaban J connectivity index is 1.56. The molecule has 116 valence electrons. The Morgan fingerprint density at radius 3 is 2.78 bits per heavy atom. The maximum atomic E-state index is 12.5. The van der Waals surface area contributed by atoms with Crippen LogP contribution in [0.5, 0.6) is 0 Å². The Hall–Kier alpha value is -2.45. The summed E-state index contributed by atoms with van der Waals surface area (Å²) >= 11 is 0. The largest absolute Gasteiger partial charge is 0.346 e. The van der Waals surface area contributed by atoms with Crippen molar-refractivity contribution in [1.82, 2.24) is 15.2 Å². The third kappa shape index (κ3) is 2.66. The quantitative estimate of drug-likeness (QED) is 0.920. The number of pyridine rings is 1. The van der Waals surface area contributed by atoms with Crippen LogP contribution in [0.3, 0.4) is 0 Å². The Morgan fingerprint density at radius 1 is 1.26 bits per heavy atom. The van der Waals surface area contributed by atoms with Crippen LogP contribution in [0.4, 0.5) is 0 Å². The van der Waals surface area contributed by atoms with E-state index in [1.54, 1.807) is 24.4 Å². The Morgan fingerprint density at radius 2 is 2.09 bits per heavy atom. The van der Waals surface area contributed by atoms with Crippen molar-refractivity contribution >= 4 is 16.7 Å². The molecule has 5 rings (SSSR count). The smallest absolute Gasteiger partial charge is 0.270 e. The van der Waals surface area contributed by atoms with E-state index in [2.05, 4.69) is 21.3 Å². The lowest BCUT2D eigenvalue weighted by Gasteiger charge is -2.44. The van der Waals surface area contributed by atoms with Crippen molar-refractivity contribution in [3.8, 4) is 6.07 Å². The lowest BCUT2D eigenvalue weighted by molar-refractivity contribution is 0.0618. The van der Waals surface area contributed by atoms with E-state index in [9.17, 15) is 4.79 Å². The van der Waals surface area contributed by atoms with Crippen LogP contribution in [0.1, 0.15) is 28.9 Å². The van der Waals surface area contributed by atoms with Gasteiger partial charge >= 0.3 is 0 Å².